The second kappa shape index (κ2) is 4.80. The molecule has 16 heavy (non-hydrogen) atoms. The van der Waals surface area contributed by atoms with E-state index in [2.05, 4.69) is 10.2 Å². The van der Waals surface area contributed by atoms with Crippen molar-refractivity contribution in [2.75, 3.05) is 31.1 Å². The van der Waals surface area contributed by atoms with Crippen LogP contribution in [0.1, 0.15) is 18.6 Å². The summed E-state index contributed by atoms with van der Waals surface area (Å²) in [7, 11) is 0. The number of benzene rings is 1. The molecule has 1 aromatic rings. The van der Waals surface area contributed by atoms with Crippen molar-refractivity contribution in [3.8, 4) is 0 Å². The Hall–Kier alpha value is -1.13. The molecule has 0 radical (unpaired) electrons. The van der Waals surface area contributed by atoms with Gasteiger partial charge in [0.2, 0.25) is 0 Å². The average Bonchev–Trinajstić information content (AvgIpc) is 2.30. The van der Waals surface area contributed by atoms with E-state index in [-0.39, 0.29) is 5.82 Å². The minimum absolute atomic E-state index is 0.339. The van der Waals surface area contributed by atoms with E-state index in [1.165, 1.54) is 6.07 Å². The molecule has 0 bridgehead atoms. The van der Waals surface area contributed by atoms with E-state index >= 15 is 0 Å². The SMILES string of the molecule is CC(O)c1cc(N2CCNCC2)ccc1F. The van der Waals surface area contributed by atoms with E-state index in [1.807, 2.05) is 0 Å². The van der Waals surface area contributed by atoms with Crippen LogP contribution in [0.25, 0.3) is 0 Å². The van der Waals surface area contributed by atoms with E-state index in [1.54, 1.807) is 19.1 Å². The molecule has 1 aliphatic rings. The molecule has 1 saturated heterocycles. The Bertz CT molecular complexity index is 362. The summed E-state index contributed by atoms with van der Waals surface area (Å²) < 4.78 is 13.4. The highest BCUT2D eigenvalue weighted by Gasteiger charge is 2.14. The molecule has 4 heteroatoms. The number of rotatable bonds is 2. The van der Waals surface area contributed by atoms with Crippen molar-refractivity contribution in [1.82, 2.24) is 5.32 Å². The molecule has 0 aromatic heterocycles. The minimum Gasteiger partial charge on any atom is -0.389 e. The summed E-state index contributed by atoms with van der Waals surface area (Å²) in [6.07, 6.45) is -0.761. The Balaban J connectivity index is 2.24. The Morgan fingerprint density at radius 1 is 1.38 bits per heavy atom. The van der Waals surface area contributed by atoms with Gasteiger partial charge in [-0.2, -0.15) is 0 Å². The lowest BCUT2D eigenvalue weighted by atomic mass is 10.1. The predicted octanol–water partition coefficient (Wildman–Crippen LogP) is 1.29. The van der Waals surface area contributed by atoms with Crippen LogP contribution >= 0.6 is 0 Å². The standard InChI is InChI=1S/C12H17FN2O/c1-9(16)11-8-10(2-3-12(11)13)15-6-4-14-5-7-15/h2-3,8-9,14,16H,4-7H2,1H3. The van der Waals surface area contributed by atoms with Gasteiger partial charge >= 0.3 is 0 Å². The number of hydrogen-bond acceptors (Lipinski definition) is 3. The van der Waals surface area contributed by atoms with Crippen LogP contribution < -0.4 is 10.2 Å². The number of nitrogens with one attached hydrogen (secondary N) is 1. The molecule has 1 aliphatic heterocycles. The molecule has 1 atom stereocenters. The van der Waals surface area contributed by atoms with Gasteiger partial charge in [0.15, 0.2) is 0 Å². The third kappa shape index (κ3) is 2.33. The fourth-order valence-electron chi connectivity index (χ4n) is 1.97. The third-order valence-electron chi connectivity index (χ3n) is 2.91. The first-order valence-electron chi connectivity index (χ1n) is 5.61. The molecule has 1 fully saturated rings. The molecule has 0 amide bonds. The topological polar surface area (TPSA) is 35.5 Å². The fraction of sp³-hybridized carbons (Fsp3) is 0.500. The lowest BCUT2D eigenvalue weighted by Crippen LogP contribution is -2.43. The molecule has 0 saturated carbocycles. The molecule has 1 aromatic carbocycles. The summed E-state index contributed by atoms with van der Waals surface area (Å²) in [5.74, 6) is -0.339. The Labute approximate surface area is 94.9 Å². The van der Waals surface area contributed by atoms with Gasteiger partial charge in [-0.3, -0.25) is 0 Å². The highest BCUT2D eigenvalue weighted by atomic mass is 19.1. The van der Waals surface area contributed by atoms with E-state index in [0.717, 1.165) is 31.9 Å². The van der Waals surface area contributed by atoms with Crippen molar-refractivity contribution >= 4 is 5.69 Å². The number of anilines is 1. The maximum atomic E-state index is 13.4. The van der Waals surface area contributed by atoms with Crippen molar-refractivity contribution in [2.24, 2.45) is 0 Å². The maximum Gasteiger partial charge on any atom is 0.129 e. The van der Waals surface area contributed by atoms with Crippen molar-refractivity contribution in [1.29, 1.82) is 0 Å². The zero-order valence-electron chi connectivity index (χ0n) is 9.41. The molecule has 0 aliphatic carbocycles. The van der Waals surface area contributed by atoms with Gasteiger partial charge in [0, 0.05) is 37.4 Å². The van der Waals surface area contributed by atoms with Crippen LogP contribution in [0.5, 0.6) is 0 Å². The second-order valence-corrected chi connectivity index (χ2v) is 4.12. The number of hydrogen-bond donors (Lipinski definition) is 2. The molecule has 88 valence electrons. The molecule has 2 rings (SSSR count). The number of nitrogens with zero attached hydrogens (tertiary/aromatic N) is 1. The normalized spacial score (nSPS) is 18.6. The summed E-state index contributed by atoms with van der Waals surface area (Å²) in [6, 6.07) is 4.94. The van der Waals surface area contributed by atoms with Crippen LogP contribution in [0.2, 0.25) is 0 Å². The first kappa shape index (κ1) is 11.4. The average molecular weight is 224 g/mol. The number of aliphatic hydroxyl groups is 1. The Morgan fingerprint density at radius 3 is 2.69 bits per heavy atom. The van der Waals surface area contributed by atoms with Crippen LogP contribution in [0.4, 0.5) is 10.1 Å². The number of halogens is 1. The van der Waals surface area contributed by atoms with Gasteiger partial charge in [-0.15, -0.1) is 0 Å². The molecule has 1 unspecified atom stereocenters. The van der Waals surface area contributed by atoms with Gasteiger partial charge in [0.1, 0.15) is 5.82 Å². The van der Waals surface area contributed by atoms with Crippen molar-refractivity contribution in [2.45, 2.75) is 13.0 Å². The van der Waals surface area contributed by atoms with Gasteiger partial charge in [0.25, 0.3) is 0 Å². The summed E-state index contributed by atoms with van der Waals surface area (Å²) >= 11 is 0. The lowest BCUT2D eigenvalue weighted by molar-refractivity contribution is 0.194. The predicted molar refractivity (Wildman–Crippen MR) is 62.1 cm³/mol. The lowest BCUT2D eigenvalue weighted by Gasteiger charge is -2.30. The quantitative estimate of drug-likeness (QED) is 0.794. The van der Waals surface area contributed by atoms with Crippen LogP contribution in [-0.2, 0) is 0 Å². The first-order valence-corrected chi connectivity index (χ1v) is 5.61. The van der Waals surface area contributed by atoms with E-state index in [9.17, 15) is 9.50 Å². The van der Waals surface area contributed by atoms with Crippen molar-refractivity contribution in [3.63, 3.8) is 0 Å². The van der Waals surface area contributed by atoms with E-state index < -0.39 is 6.10 Å². The van der Waals surface area contributed by atoms with Gasteiger partial charge in [0.05, 0.1) is 6.10 Å². The monoisotopic (exact) mass is 224 g/mol. The highest BCUT2D eigenvalue weighted by Crippen LogP contribution is 2.23. The number of piperazine rings is 1. The first-order chi connectivity index (χ1) is 7.68. The van der Waals surface area contributed by atoms with Gasteiger partial charge in [-0.25, -0.2) is 4.39 Å². The Kier molecular flexibility index (Phi) is 3.41. The van der Waals surface area contributed by atoms with E-state index in [4.69, 9.17) is 0 Å². The van der Waals surface area contributed by atoms with Crippen LogP contribution in [0.15, 0.2) is 18.2 Å². The minimum atomic E-state index is -0.761. The largest absolute Gasteiger partial charge is 0.389 e. The Morgan fingerprint density at radius 2 is 2.06 bits per heavy atom. The molecular weight excluding hydrogens is 207 g/mol. The van der Waals surface area contributed by atoms with Gasteiger partial charge < -0.3 is 15.3 Å². The van der Waals surface area contributed by atoms with Crippen LogP contribution in [0, 0.1) is 5.82 Å². The summed E-state index contributed by atoms with van der Waals surface area (Å²) in [5, 5.41) is 12.7. The van der Waals surface area contributed by atoms with Crippen molar-refractivity contribution < 1.29 is 9.50 Å². The molecular formula is C12H17FN2O. The highest BCUT2D eigenvalue weighted by molar-refractivity contribution is 5.49. The molecule has 3 nitrogen and oxygen atoms in total. The molecule has 0 spiro atoms. The zero-order chi connectivity index (χ0) is 11.5. The zero-order valence-corrected chi connectivity index (χ0v) is 9.41. The smallest absolute Gasteiger partial charge is 0.129 e. The molecule has 1 heterocycles. The second-order valence-electron chi connectivity index (χ2n) is 4.12. The summed E-state index contributed by atoms with van der Waals surface area (Å²) in [4.78, 5) is 2.20. The van der Waals surface area contributed by atoms with E-state index in [0.29, 0.717) is 5.56 Å². The third-order valence-corrected chi connectivity index (χ3v) is 2.91. The number of aliphatic hydroxyl groups excluding tert-OH is 1. The fourth-order valence-corrected chi connectivity index (χ4v) is 1.97. The summed E-state index contributed by atoms with van der Waals surface area (Å²) in [5.41, 5.74) is 1.36. The van der Waals surface area contributed by atoms with Crippen molar-refractivity contribution in [3.05, 3.63) is 29.6 Å². The van der Waals surface area contributed by atoms with Gasteiger partial charge in [-0.1, -0.05) is 0 Å². The maximum absolute atomic E-state index is 13.4. The van der Waals surface area contributed by atoms with Crippen LogP contribution in [0.3, 0.4) is 0 Å². The molecule has 2 N–H and O–H groups in total. The summed E-state index contributed by atoms with van der Waals surface area (Å²) in [6.45, 7) is 5.32. The van der Waals surface area contributed by atoms with Gasteiger partial charge in [-0.05, 0) is 25.1 Å². The van der Waals surface area contributed by atoms with Crippen LogP contribution in [-0.4, -0.2) is 31.3 Å².